The van der Waals surface area contributed by atoms with Gasteiger partial charge in [0.05, 0.1) is 0 Å². The molecule has 0 saturated carbocycles. The summed E-state index contributed by atoms with van der Waals surface area (Å²) in [5, 5.41) is 1.80. The van der Waals surface area contributed by atoms with Crippen LogP contribution in [0.1, 0.15) is 31.7 Å². The maximum atomic E-state index is 12.9. The molecular weight excluding hydrogens is 374 g/mol. The van der Waals surface area contributed by atoms with Crippen molar-refractivity contribution in [2.24, 2.45) is 5.73 Å². The van der Waals surface area contributed by atoms with Crippen molar-refractivity contribution in [3.05, 3.63) is 72.3 Å². The third kappa shape index (κ3) is 4.82. The molecule has 3 aromatic rings. The van der Waals surface area contributed by atoms with E-state index in [0.29, 0.717) is 25.1 Å². The molecule has 0 saturated heterocycles. The number of benzene rings is 3. The van der Waals surface area contributed by atoms with Gasteiger partial charge in [-0.05, 0) is 41.6 Å². The lowest BCUT2D eigenvalue weighted by atomic mass is 10.1. The van der Waals surface area contributed by atoms with Crippen molar-refractivity contribution < 1.29 is 17.3 Å². The number of ether oxygens (including phenoxy) is 1. The van der Waals surface area contributed by atoms with Gasteiger partial charge in [0.1, 0.15) is 11.5 Å². The minimum absolute atomic E-state index is 0.276. The summed E-state index contributed by atoms with van der Waals surface area (Å²) >= 11 is 0. The maximum Gasteiger partial charge on any atom is 0.347 e. The molecule has 2 N–H and O–H groups in total. The number of rotatable bonds is 9. The molecule has 148 valence electrons. The first-order valence-electron chi connectivity index (χ1n) is 9.40. The third-order valence-electron chi connectivity index (χ3n) is 4.47. The molecule has 0 bridgehead atoms. The first-order valence-corrected chi connectivity index (χ1v) is 10.9. The molecule has 3 rings (SSSR count). The van der Waals surface area contributed by atoms with Crippen LogP contribution in [0.25, 0.3) is 10.8 Å². The van der Waals surface area contributed by atoms with Crippen molar-refractivity contribution in [2.75, 3.05) is 0 Å². The predicted octanol–water partition coefficient (Wildman–Crippen LogP) is 4.60. The van der Waals surface area contributed by atoms with Crippen molar-refractivity contribution in [3.63, 3.8) is 0 Å². The Morgan fingerprint density at radius 3 is 2.50 bits per heavy atom. The Labute approximate surface area is 166 Å². The molecule has 3 aromatic carbocycles. The lowest BCUT2D eigenvalue weighted by Crippen LogP contribution is -2.31. The summed E-state index contributed by atoms with van der Waals surface area (Å²) in [7, 11) is -3.97. The summed E-state index contributed by atoms with van der Waals surface area (Å²) in [4.78, 5) is 0. The minimum Gasteiger partial charge on any atom is -0.470 e. The van der Waals surface area contributed by atoms with E-state index in [1.165, 1.54) is 0 Å². The Balaban J connectivity index is 1.91. The topological polar surface area (TPSA) is 78.6 Å². The molecule has 6 heteroatoms. The van der Waals surface area contributed by atoms with E-state index < -0.39 is 15.6 Å². The molecular formula is C22H25NO4S. The van der Waals surface area contributed by atoms with Gasteiger partial charge in [-0.25, -0.2) is 0 Å². The number of unbranched alkanes of at least 4 members (excludes halogenated alkanes) is 1. The summed E-state index contributed by atoms with van der Waals surface area (Å²) in [5.74, 6) is 0.792. The largest absolute Gasteiger partial charge is 0.470 e. The number of hydrogen-bond acceptors (Lipinski definition) is 5. The van der Waals surface area contributed by atoms with E-state index in [-0.39, 0.29) is 5.75 Å². The van der Waals surface area contributed by atoms with Gasteiger partial charge < -0.3 is 14.7 Å². The van der Waals surface area contributed by atoms with Gasteiger partial charge in [0.25, 0.3) is 0 Å². The Morgan fingerprint density at radius 1 is 1.00 bits per heavy atom. The molecule has 0 aliphatic rings. The quantitative estimate of drug-likeness (QED) is 0.532. The van der Waals surface area contributed by atoms with Crippen LogP contribution in [0.4, 0.5) is 0 Å². The summed E-state index contributed by atoms with van der Waals surface area (Å²) in [6.07, 6.45) is 1.92. The molecule has 0 amide bonds. The summed E-state index contributed by atoms with van der Waals surface area (Å²) in [5.41, 5.74) is 5.63. The maximum absolute atomic E-state index is 12.9. The van der Waals surface area contributed by atoms with E-state index in [1.54, 1.807) is 36.4 Å². The van der Waals surface area contributed by atoms with Crippen LogP contribution in [0.3, 0.4) is 0 Å². The highest BCUT2D eigenvalue weighted by atomic mass is 32.2. The summed E-state index contributed by atoms with van der Waals surface area (Å²) in [6, 6.07) is 19.9. The van der Waals surface area contributed by atoms with E-state index in [1.807, 2.05) is 37.3 Å². The lowest BCUT2D eigenvalue weighted by Gasteiger charge is -2.20. The summed E-state index contributed by atoms with van der Waals surface area (Å²) in [6.45, 7) is 2.45. The highest BCUT2D eigenvalue weighted by Crippen LogP contribution is 2.29. The Bertz CT molecular complexity index is 1020. The van der Waals surface area contributed by atoms with Gasteiger partial charge in [0.2, 0.25) is 5.44 Å². The molecule has 0 aliphatic carbocycles. The number of nitrogens with two attached hydrogens (primary N) is 1. The van der Waals surface area contributed by atoms with E-state index in [2.05, 4.69) is 0 Å². The Hall–Kier alpha value is -2.57. The molecule has 5 nitrogen and oxygen atoms in total. The molecule has 28 heavy (non-hydrogen) atoms. The molecule has 1 atom stereocenters. The van der Waals surface area contributed by atoms with Crippen LogP contribution in [0.2, 0.25) is 0 Å². The number of para-hydroxylation sites is 1. The second-order valence-corrected chi connectivity index (χ2v) is 8.27. The van der Waals surface area contributed by atoms with Crippen molar-refractivity contribution in [2.45, 2.75) is 38.2 Å². The van der Waals surface area contributed by atoms with Crippen LogP contribution in [0.15, 0.2) is 66.7 Å². The number of fused-ring (bicyclic) bond motifs is 1. The van der Waals surface area contributed by atoms with Crippen LogP contribution >= 0.6 is 0 Å². The van der Waals surface area contributed by atoms with Crippen molar-refractivity contribution in [1.29, 1.82) is 0 Å². The SMILES string of the molecule is CCCCC(Oc1cccc2cc(CN)ccc12)S(=O)(=O)Oc1ccccc1. The molecule has 0 fully saturated rings. The van der Waals surface area contributed by atoms with Crippen LogP contribution in [-0.4, -0.2) is 13.9 Å². The highest BCUT2D eigenvalue weighted by molar-refractivity contribution is 7.87. The van der Waals surface area contributed by atoms with Gasteiger partial charge >= 0.3 is 10.1 Å². The smallest absolute Gasteiger partial charge is 0.347 e. The van der Waals surface area contributed by atoms with Gasteiger partial charge in [-0.1, -0.05) is 55.8 Å². The van der Waals surface area contributed by atoms with E-state index in [4.69, 9.17) is 14.7 Å². The average molecular weight is 400 g/mol. The molecule has 0 radical (unpaired) electrons. The second kappa shape index (κ2) is 9.08. The van der Waals surface area contributed by atoms with Gasteiger partial charge in [-0.3, -0.25) is 0 Å². The zero-order chi connectivity index (χ0) is 20.0. The minimum atomic E-state index is -3.97. The standard InChI is InChI=1S/C22H25NO4S/c1-2-3-12-22(28(24,25)27-19-9-5-4-6-10-19)26-21-11-7-8-18-15-17(16-23)13-14-20(18)21/h4-11,13-15,22H,2-3,12,16,23H2,1H3. The summed E-state index contributed by atoms with van der Waals surface area (Å²) < 4.78 is 37.1. The van der Waals surface area contributed by atoms with Gasteiger partial charge in [0.15, 0.2) is 0 Å². The molecule has 0 aliphatic heterocycles. The predicted molar refractivity (Wildman–Crippen MR) is 112 cm³/mol. The Kier molecular flexibility index (Phi) is 6.54. The fraction of sp³-hybridized carbons (Fsp3) is 0.273. The first-order chi connectivity index (χ1) is 13.5. The molecule has 0 spiro atoms. The fourth-order valence-corrected chi connectivity index (χ4v) is 4.14. The molecule has 0 aromatic heterocycles. The monoisotopic (exact) mass is 399 g/mol. The van der Waals surface area contributed by atoms with Gasteiger partial charge in [-0.2, -0.15) is 8.42 Å². The number of hydrogen-bond donors (Lipinski definition) is 1. The Morgan fingerprint density at radius 2 is 1.79 bits per heavy atom. The normalized spacial score (nSPS) is 12.6. The van der Waals surface area contributed by atoms with Gasteiger partial charge in [0, 0.05) is 18.4 Å². The zero-order valence-electron chi connectivity index (χ0n) is 15.9. The fourth-order valence-electron chi connectivity index (χ4n) is 2.97. The van der Waals surface area contributed by atoms with Crippen LogP contribution < -0.4 is 14.7 Å². The average Bonchev–Trinajstić information content (AvgIpc) is 2.71. The van der Waals surface area contributed by atoms with Crippen molar-refractivity contribution in [1.82, 2.24) is 0 Å². The third-order valence-corrected chi connectivity index (χ3v) is 5.87. The van der Waals surface area contributed by atoms with Crippen LogP contribution in [0, 0.1) is 0 Å². The van der Waals surface area contributed by atoms with Crippen molar-refractivity contribution >= 4 is 20.9 Å². The van der Waals surface area contributed by atoms with Crippen LogP contribution in [0.5, 0.6) is 11.5 Å². The van der Waals surface area contributed by atoms with Gasteiger partial charge in [-0.15, -0.1) is 0 Å². The van der Waals surface area contributed by atoms with E-state index in [9.17, 15) is 8.42 Å². The van der Waals surface area contributed by atoms with Crippen molar-refractivity contribution in [3.8, 4) is 11.5 Å². The lowest BCUT2D eigenvalue weighted by molar-refractivity contribution is 0.248. The highest BCUT2D eigenvalue weighted by Gasteiger charge is 2.29. The van der Waals surface area contributed by atoms with E-state index in [0.717, 1.165) is 22.8 Å². The molecule has 0 heterocycles. The zero-order valence-corrected chi connectivity index (χ0v) is 16.7. The molecule has 1 unspecified atom stereocenters. The first kappa shape index (κ1) is 20.2. The van der Waals surface area contributed by atoms with E-state index >= 15 is 0 Å². The van der Waals surface area contributed by atoms with Crippen LogP contribution in [-0.2, 0) is 16.7 Å². The second-order valence-electron chi connectivity index (χ2n) is 6.59.